The highest BCUT2D eigenvalue weighted by atomic mass is 32.2. The SMILES string of the molecule is O=S(=O)(c1ccc2c(c1)CCCC2)N1CCN(CCn2ccnc2)CC1. The highest BCUT2D eigenvalue weighted by molar-refractivity contribution is 7.89. The van der Waals surface area contributed by atoms with E-state index in [9.17, 15) is 8.42 Å². The summed E-state index contributed by atoms with van der Waals surface area (Å²) in [4.78, 5) is 6.83. The number of aryl methyl sites for hydroxylation is 2. The Hall–Kier alpha value is -1.70. The molecule has 1 saturated heterocycles. The molecule has 1 aromatic carbocycles. The van der Waals surface area contributed by atoms with Crippen LogP contribution in [0.1, 0.15) is 24.0 Å². The Labute approximate surface area is 155 Å². The normalized spacial score (nSPS) is 19.4. The minimum atomic E-state index is -3.39. The lowest BCUT2D eigenvalue weighted by Gasteiger charge is -2.34. The first-order valence-electron chi connectivity index (χ1n) is 9.43. The van der Waals surface area contributed by atoms with E-state index in [4.69, 9.17) is 0 Å². The molecule has 2 aliphatic rings. The van der Waals surface area contributed by atoms with Gasteiger partial charge in [-0.05, 0) is 48.9 Å². The van der Waals surface area contributed by atoms with Crippen molar-refractivity contribution in [3.8, 4) is 0 Å². The van der Waals surface area contributed by atoms with E-state index in [1.807, 2.05) is 24.7 Å². The van der Waals surface area contributed by atoms with Gasteiger partial charge in [-0.25, -0.2) is 13.4 Å². The van der Waals surface area contributed by atoms with Crippen LogP contribution in [-0.2, 0) is 29.4 Å². The van der Waals surface area contributed by atoms with Crippen molar-refractivity contribution in [3.05, 3.63) is 48.0 Å². The monoisotopic (exact) mass is 374 g/mol. The number of benzene rings is 1. The van der Waals surface area contributed by atoms with Gasteiger partial charge >= 0.3 is 0 Å². The molecule has 1 aromatic heterocycles. The van der Waals surface area contributed by atoms with E-state index in [1.54, 1.807) is 16.6 Å². The zero-order valence-electron chi connectivity index (χ0n) is 15.0. The van der Waals surface area contributed by atoms with Gasteiger partial charge in [-0.3, -0.25) is 4.90 Å². The molecule has 0 unspecified atom stereocenters. The molecule has 0 N–H and O–H groups in total. The molecule has 4 rings (SSSR count). The van der Waals surface area contributed by atoms with Crippen molar-refractivity contribution in [2.45, 2.75) is 37.1 Å². The predicted molar refractivity (Wildman–Crippen MR) is 101 cm³/mol. The van der Waals surface area contributed by atoms with Crippen molar-refractivity contribution < 1.29 is 8.42 Å². The molecular formula is C19H26N4O2S. The molecule has 2 aromatic rings. The number of sulfonamides is 1. The molecule has 6 nitrogen and oxygen atoms in total. The van der Waals surface area contributed by atoms with Crippen LogP contribution in [0.2, 0.25) is 0 Å². The van der Waals surface area contributed by atoms with Crippen LogP contribution in [-0.4, -0.2) is 59.9 Å². The van der Waals surface area contributed by atoms with Gasteiger partial charge in [0.2, 0.25) is 10.0 Å². The van der Waals surface area contributed by atoms with Gasteiger partial charge in [0.15, 0.2) is 0 Å². The number of aromatic nitrogens is 2. The summed E-state index contributed by atoms with van der Waals surface area (Å²) < 4.78 is 29.7. The zero-order chi connectivity index (χ0) is 18.0. The summed E-state index contributed by atoms with van der Waals surface area (Å²) in [6, 6.07) is 5.73. The van der Waals surface area contributed by atoms with E-state index in [0.717, 1.165) is 45.4 Å². The largest absolute Gasteiger partial charge is 0.336 e. The van der Waals surface area contributed by atoms with Crippen LogP contribution in [0.3, 0.4) is 0 Å². The van der Waals surface area contributed by atoms with Crippen molar-refractivity contribution >= 4 is 10.0 Å². The highest BCUT2D eigenvalue weighted by Gasteiger charge is 2.29. The second-order valence-electron chi connectivity index (χ2n) is 7.18. The summed E-state index contributed by atoms with van der Waals surface area (Å²) in [5.74, 6) is 0. The fourth-order valence-electron chi connectivity index (χ4n) is 3.89. The molecule has 1 aliphatic heterocycles. The van der Waals surface area contributed by atoms with E-state index < -0.39 is 10.0 Å². The Morgan fingerprint density at radius 1 is 0.962 bits per heavy atom. The number of rotatable bonds is 5. The molecule has 0 saturated carbocycles. The molecule has 0 radical (unpaired) electrons. The summed E-state index contributed by atoms with van der Waals surface area (Å²) in [5.41, 5.74) is 2.54. The molecule has 7 heteroatoms. The van der Waals surface area contributed by atoms with Gasteiger partial charge < -0.3 is 4.57 Å². The summed E-state index contributed by atoms with van der Waals surface area (Å²) in [7, 11) is -3.39. The van der Waals surface area contributed by atoms with Crippen molar-refractivity contribution in [1.82, 2.24) is 18.8 Å². The Balaban J connectivity index is 1.38. The third-order valence-corrected chi connectivity index (χ3v) is 7.42. The molecule has 140 valence electrons. The maximum Gasteiger partial charge on any atom is 0.243 e. The highest BCUT2D eigenvalue weighted by Crippen LogP contribution is 2.26. The maximum absolute atomic E-state index is 13.0. The Morgan fingerprint density at radius 3 is 2.46 bits per heavy atom. The Bertz CT molecular complexity index is 840. The minimum absolute atomic E-state index is 0.463. The van der Waals surface area contributed by atoms with E-state index in [1.165, 1.54) is 17.5 Å². The van der Waals surface area contributed by atoms with Crippen LogP contribution < -0.4 is 0 Å². The molecule has 1 aliphatic carbocycles. The molecule has 2 heterocycles. The van der Waals surface area contributed by atoms with Crippen LogP contribution in [0, 0.1) is 0 Å². The molecule has 0 atom stereocenters. The molecular weight excluding hydrogens is 348 g/mol. The van der Waals surface area contributed by atoms with E-state index >= 15 is 0 Å². The number of hydrogen-bond donors (Lipinski definition) is 0. The first-order valence-corrected chi connectivity index (χ1v) is 10.9. The lowest BCUT2D eigenvalue weighted by Crippen LogP contribution is -2.49. The van der Waals surface area contributed by atoms with E-state index in [2.05, 4.69) is 14.5 Å². The molecule has 0 bridgehead atoms. The zero-order valence-corrected chi connectivity index (χ0v) is 15.9. The lowest BCUT2D eigenvalue weighted by atomic mass is 9.92. The van der Waals surface area contributed by atoms with Gasteiger partial charge in [-0.15, -0.1) is 0 Å². The van der Waals surface area contributed by atoms with Crippen molar-refractivity contribution in [3.63, 3.8) is 0 Å². The van der Waals surface area contributed by atoms with Crippen LogP contribution in [0.4, 0.5) is 0 Å². The predicted octanol–water partition coefficient (Wildman–Crippen LogP) is 1.77. The maximum atomic E-state index is 13.0. The minimum Gasteiger partial charge on any atom is -0.336 e. The first kappa shape index (κ1) is 17.7. The van der Waals surface area contributed by atoms with Crippen molar-refractivity contribution in [2.75, 3.05) is 32.7 Å². The van der Waals surface area contributed by atoms with Crippen LogP contribution in [0.5, 0.6) is 0 Å². The third kappa shape index (κ3) is 3.70. The first-order chi connectivity index (χ1) is 12.6. The van der Waals surface area contributed by atoms with Crippen molar-refractivity contribution in [1.29, 1.82) is 0 Å². The number of fused-ring (bicyclic) bond motifs is 1. The Morgan fingerprint density at radius 2 is 1.73 bits per heavy atom. The van der Waals surface area contributed by atoms with Gasteiger partial charge in [0.25, 0.3) is 0 Å². The number of piperazine rings is 1. The summed E-state index contributed by atoms with van der Waals surface area (Å²) in [5, 5.41) is 0. The van der Waals surface area contributed by atoms with E-state index in [0.29, 0.717) is 18.0 Å². The van der Waals surface area contributed by atoms with E-state index in [-0.39, 0.29) is 0 Å². The average molecular weight is 375 g/mol. The third-order valence-electron chi connectivity index (χ3n) is 5.52. The second kappa shape index (κ2) is 7.50. The van der Waals surface area contributed by atoms with Crippen LogP contribution in [0.15, 0.2) is 41.8 Å². The summed E-state index contributed by atoms with van der Waals surface area (Å²) >= 11 is 0. The molecule has 0 amide bonds. The van der Waals surface area contributed by atoms with Crippen LogP contribution >= 0.6 is 0 Å². The fourth-order valence-corrected chi connectivity index (χ4v) is 5.36. The van der Waals surface area contributed by atoms with Crippen LogP contribution in [0.25, 0.3) is 0 Å². The van der Waals surface area contributed by atoms with Gasteiger partial charge in [0.05, 0.1) is 11.2 Å². The van der Waals surface area contributed by atoms with Crippen molar-refractivity contribution in [2.24, 2.45) is 0 Å². The smallest absolute Gasteiger partial charge is 0.243 e. The average Bonchev–Trinajstić information content (AvgIpc) is 3.20. The molecule has 26 heavy (non-hydrogen) atoms. The number of hydrogen-bond acceptors (Lipinski definition) is 4. The van der Waals surface area contributed by atoms with Gasteiger partial charge in [0, 0.05) is 51.7 Å². The fraction of sp³-hybridized carbons (Fsp3) is 0.526. The Kier molecular flexibility index (Phi) is 5.11. The summed E-state index contributed by atoms with van der Waals surface area (Å²) in [6.45, 7) is 4.48. The molecule has 0 spiro atoms. The summed E-state index contributed by atoms with van der Waals surface area (Å²) in [6.07, 6.45) is 9.99. The topological polar surface area (TPSA) is 58.4 Å². The lowest BCUT2D eigenvalue weighted by molar-refractivity contribution is 0.183. The van der Waals surface area contributed by atoms with Gasteiger partial charge in [-0.2, -0.15) is 4.31 Å². The van der Waals surface area contributed by atoms with Gasteiger partial charge in [-0.1, -0.05) is 6.07 Å². The second-order valence-corrected chi connectivity index (χ2v) is 9.12. The standard InChI is InChI=1S/C19H26N4O2S/c24-26(25,19-6-5-17-3-1-2-4-18(17)15-19)23-13-11-21(12-14-23)9-10-22-8-7-20-16-22/h5-8,15-16H,1-4,9-14H2. The molecule has 1 fully saturated rings. The quantitative estimate of drug-likeness (QED) is 0.800. The number of nitrogens with zero attached hydrogens (tertiary/aromatic N) is 4. The van der Waals surface area contributed by atoms with Gasteiger partial charge in [0.1, 0.15) is 0 Å². The number of imidazole rings is 1.